The summed E-state index contributed by atoms with van der Waals surface area (Å²) in [5.74, 6) is -0.761. The Balaban J connectivity index is 2.21. The molecule has 0 radical (unpaired) electrons. The monoisotopic (exact) mass is 220 g/mol. The third-order valence-electron chi connectivity index (χ3n) is 3.26. The lowest BCUT2D eigenvalue weighted by Crippen LogP contribution is -2.41. The van der Waals surface area contributed by atoms with Crippen molar-refractivity contribution in [2.24, 2.45) is 0 Å². The fourth-order valence-electron chi connectivity index (χ4n) is 2.29. The van der Waals surface area contributed by atoms with Crippen LogP contribution in [0.2, 0.25) is 0 Å². The second-order valence-electron chi connectivity index (χ2n) is 4.30. The van der Waals surface area contributed by atoms with Gasteiger partial charge in [0.05, 0.1) is 12.2 Å². The van der Waals surface area contributed by atoms with Crippen molar-refractivity contribution in [3.63, 3.8) is 0 Å². The van der Waals surface area contributed by atoms with Crippen molar-refractivity contribution < 1.29 is 14.6 Å². The van der Waals surface area contributed by atoms with E-state index in [1.165, 1.54) is 5.56 Å². The van der Waals surface area contributed by atoms with Gasteiger partial charge in [-0.1, -0.05) is 24.3 Å². The average Bonchev–Trinajstić information content (AvgIpc) is 2.18. The highest BCUT2D eigenvalue weighted by molar-refractivity contribution is 5.66. The number of benzene rings is 1. The molecule has 1 aliphatic rings. The van der Waals surface area contributed by atoms with Gasteiger partial charge in [-0.15, -0.1) is 0 Å². The zero-order chi connectivity index (χ0) is 11.6. The normalized spacial score (nSPS) is 23.8. The summed E-state index contributed by atoms with van der Waals surface area (Å²) < 4.78 is 5.67. The summed E-state index contributed by atoms with van der Waals surface area (Å²) in [6, 6.07) is 8.05. The molecule has 2 rings (SSSR count). The minimum Gasteiger partial charge on any atom is -0.481 e. The van der Waals surface area contributed by atoms with E-state index < -0.39 is 5.97 Å². The molecule has 1 aromatic rings. The summed E-state index contributed by atoms with van der Waals surface area (Å²) in [5.41, 5.74) is 1.97. The summed E-state index contributed by atoms with van der Waals surface area (Å²) in [7, 11) is 0. The Hall–Kier alpha value is -1.35. The largest absolute Gasteiger partial charge is 0.481 e. The van der Waals surface area contributed by atoms with Crippen LogP contribution in [0.5, 0.6) is 0 Å². The standard InChI is InChI=1S/C13H16O3/c1-10-4-2-3-5-11(10)13(8-9-16-13)7-6-12(14)15/h2-5H,6-9H2,1H3,(H,14,15). The van der Waals surface area contributed by atoms with Crippen molar-refractivity contribution in [2.75, 3.05) is 6.61 Å². The predicted molar refractivity (Wildman–Crippen MR) is 60.3 cm³/mol. The quantitative estimate of drug-likeness (QED) is 0.847. The molecule has 1 heterocycles. The maximum absolute atomic E-state index is 10.6. The maximum atomic E-state index is 10.6. The Kier molecular flexibility index (Phi) is 2.97. The molecule has 0 amide bonds. The average molecular weight is 220 g/mol. The molecule has 3 nitrogen and oxygen atoms in total. The Morgan fingerprint density at radius 2 is 2.19 bits per heavy atom. The molecule has 3 heteroatoms. The number of rotatable bonds is 4. The first kappa shape index (κ1) is 11.1. The van der Waals surface area contributed by atoms with Crippen molar-refractivity contribution in [1.29, 1.82) is 0 Å². The van der Waals surface area contributed by atoms with E-state index in [4.69, 9.17) is 9.84 Å². The Bertz CT molecular complexity index is 394. The minimum absolute atomic E-state index is 0.161. The SMILES string of the molecule is Cc1ccccc1C1(CCC(=O)O)CCO1. The Morgan fingerprint density at radius 1 is 1.50 bits per heavy atom. The second-order valence-corrected chi connectivity index (χ2v) is 4.30. The van der Waals surface area contributed by atoms with E-state index in [1.807, 2.05) is 31.2 Å². The molecule has 16 heavy (non-hydrogen) atoms. The third-order valence-corrected chi connectivity index (χ3v) is 3.26. The molecule has 1 aromatic carbocycles. The number of carbonyl (C=O) groups is 1. The van der Waals surface area contributed by atoms with Crippen LogP contribution in [0.15, 0.2) is 24.3 Å². The molecule has 0 aromatic heterocycles. The molecule has 86 valence electrons. The van der Waals surface area contributed by atoms with Crippen LogP contribution in [0.25, 0.3) is 0 Å². The molecule has 0 aliphatic carbocycles. The van der Waals surface area contributed by atoms with Gasteiger partial charge in [0.15, 0.2) is 0 Å². The number of hydrogen-bond acceptors (Lipinski definition) is 2. The summed E-state index contributed by atoms with van der Waals surface area (Å²) in [6.45, 7) is 2.77. The number of carboxylic acid groups (broad SMARTS) is 1. The van der Waals surface area contributed by atoms with Crippen LogP contribution < -0.4 is 0 Å². The van der Waals surface area contributed by atoms with Crippen molar-refractivity contribution in [2.45, 2.75) is 31.8 Å². The van der Waals surface area contributed by atoms with Gasteiger partial charge < -0.3 is 9.84 Å². The molecule has 1 saturated heterocycles. The van der Waals surface area contributed by atoms with Crippen molar-refractivity contribution >= 4 is 5.97 Å². The summed E-state index contributed by atoms with van der Waals surface area (Å²) in [5, 5.41) is 8.76. The van der Waals surface area contributed by atoms with Gasteiger partial charge in [-0.05, 0) is 24.5 Å². The van der Waals surface area contributed by atoms with Gasteiger partial charge in [-0.3, -0.25) is 4.79 Å². The van der Waals surface area contributed by atoms with Gasteiger partial charge in [0.2, 0.25) is 0 Å². The van der Waals surface area contributed by atoms with Crippen molar-refractivity contribution in [1.82, 2.24) is 0 Å². The maximum Gasteiger partial charge on any atom is 0.303 e. The van der Waals surface area contributed by atoms with Crippen LogP contribution in [0.3, 0.4) is 0 Å². The molecule has 1 fully saturated rings. The topological polar surface area (TPSA) is 46.5 Å². The molecular weight excluding hydrogens is 204 g/mol. The first-order valence-electron chi connectivity index (χ1n) is 5.56. The molecule has 0 bridgehead atoms. The Labute approximate surface area is 95.0 Å². The highest BCUT2D eigenvalue weighted by Crippen LogP contribution is 2.42. The van der Waals surface area contributed by atoms with Crippen molar-refractivity contribution in [3.8, 4) is 0 Å². The minimum atomic E-state index is -0.761. The molecule has 0 spiro atoms. The van der Waals surface area contributed by atoms with E-state index >= 15 is 0 Å². The van der Waals surface area contributed by atoms with Crippen LogP contribution in [0.1, 0.15) is 30.4 Å². The van der Waals surface area contributed by atoms with Gasteiger partial charge >= 0.3 is 5.97 Å². The lowest BCUT2D eigenvalue weighted by Gasteiger charge is -2.43. The van der Waals surface area contributed by atoms with E-state index in [9.17, 15) is 4.79 Å². The van der Waals surface area contributed by atoms with E-state index in [0.29, 0.717) is 6.42 Å². The summed E-state index contributed by atoms with van der Waals surface area (Å²) in [6.07, 6.45) is 1.65. The van der Waals surface area contributed by atoms with Gasteiger partial charge in [0.1, 0.15) is 0 Å². The summed E-state index contributed by atoms with van der Waals surface area (Å²) in [4.78, 5) is 10.6. The first-order chi connectivity index (χ1) is 7.64. The van der Waals surface area contributed by atoms with Crippen LogP contribution in [-0.2, 0) is 15.1 Å². The van der Waals surface area contributed by atoms with Crippen LogP contribution >= 0.6 is 0 Å². The molecular formula is C13H16O3. The third kappa shape index (κ3) is 1.95. The van der Waals surface area contributed by atoms with Crippen LogP contribution in [-0.4, -0.2) is 17.7 Å². The lowest BCUT2D eigenvalue weighted by atomic mass is 9.80. The molecule has 1 N–H and O–H groups in total. The fourth-order valence-corrected chi connectivity index (χ4v) is 2.29. The lowest BCUT2D eigenvalue weighted by molar-refractivity contribution is -0.166. The predicted octanol–water partition coefficient (Wildman–Crippen LogP) is 2.48. The summed E-state index contributed by atoms with van der Waals surface area (Å²) >= 11 is 0. The highest BCUT2D eigenvalue weighted by atomic mass is 16.5. The number of hydrogen-bond donors (Lipinski definition) is 1. The van der Waals surface area contributed by atoms with E-state index in [2.05, 4.69) is 0 Å². The van der Waals surface area contributed by atoms with Crippen LogP contribution in [0, 0.1) is 6.92 Å². The van der Waals surface area contributed by atoms with E-state index in [-0.39, 0.29) is 12.0 Å². The van der Waals surface area contributed by atoms with Crippen molar-refractivity contribution in [3.05, 3.63) is 35.4 Å². The molecule has 0 saturated carbocycles. The molecule has 1 unspecified atom stereocenters. The first-order valence-corrected chi connectivity index (χ1v) is 5.56. The zero-order valence-corrected chi connectivity index (χ0v) is 9.40. The Morgan fingerprint density at radius 3 is 2.69 bits per heavy atom. The molecule has 1 atom stereocenters. The number of aryl methyl sites for hydroxylation is 1. The van der Waals surface area contributed by atoms with Gasteiger partial charge in [-0.25, -0.2) is 0 Å². The zero-order valence-electron chi connectivity index (χ0n) is 9.40. The second kappa shape index (κ2) is 4.26. The van der Waals surface area contributed by atoms with E-state index in [0.717, 1.165) is 18.6 Å². The molecule has 1 aliphatic heterocycles. The van der Waals surface area contributed by atoms with Gasteiger partial charge in [0, 0.05) is 12.8 Å². The fraction of sp³-hybridized carbons (Fsp3) is 0.462. The number of aliphatic carboxylic acids is 1. The van der Waals surface area contributed by atoms with Crippen LogP contribution in [0.4, 0.5) is 0 Å². The smallest absolute Gasteiger partial charge is 0.303 e. The number of carboxylic acids is 1. The highest BCUT2D eigenvalue weighted by Gasteiger charge is 2.41. The van der Waals surface area contributed by atoms with Gasteiger partial charge in [0.25, 0.3) is 0 Å². The van der Waals surface area contributed by atoms with Gasteiger partial charge in [-0.2, -0.15) is 0 Å². The number of ether oxygens (including phenoxy) is 1. The van der Waals surface area contributed by atoms with E-state index in [1.54, 1.807) is 0 Å².